The molecule has 1 rings (SSSR count). The average molecular weight is 306 g/mol. The maximum absolute atomic E-state index is 11.7. The van der Waals surface area contributed by atoms with Crippen molar-refractivity contribution in [3.05, 3.63) is 34.4 Å². The van der Waals surface area contributed by atoms with E-state index in [0.717, 1.165) is 36.8 Å². The second-order valence-electron chi connectivity index (χ2n) is 5.34. The number of benzene rings is 1. The summed E-state index contributed by atoms with van der Waals surface area (Å²) in [5.41, 5.74) is 24.6. The van der Waals surface area contributed by atoms with Crippen molar-refractivity contribution in [2.24, 2.45) is 22.9 Å². The zero-order valence-electron chi connectivity index (χ0n) is 12.9. The van der Waals surface area contributed by atoms with Gasteiger partial charge in [-0.05, 0) is 74.9 Å². The lowest BCUT2D eigenvalue weighted by Crippen LogP contribution is -2.20. The highest BCUT2D eigenvalue weighted by molar-refractivity contribution is 5.99. The van der Waals surface area contributed by atoms with Gasteiger partial charge < -0.3 is 22.9 Å². The van der Waals surface area contributed by atoms with Gasteiger partial charge in [-0.15, -0.1) is 0 Å². The van der Waals surface area contributed by atoms with E-state index in [4.69, 9.17) is 22.9 Å². The first-order chi connectivity index (χ1) is 10.5. The summed E-state index contributed by atoms with van der Waals surface area (Å²) in [7, 11) is 0. The van der Waals surface area contributed by atoms with Crippen molar-refractivity contribution >= 4 is 11.8 Å². The lowest BCUT2D eigenvalue weighted by molar-refractivity contribution is 0.0986. The normalized spacial score (nSPS) is 10.6. The number of hydrogen-bond donors (Lipinski definition) is 4. The van der Waals surface area contributed by atoms with Crippen molar-refractivity contribution < 1.29 is 9.59 Å². The Morgan fingerprint density at radius 1 is 0.727 bits per heavy atom. The molecule has 1 aromatic carbocycles. The molecule has 8 N–H and O–H groups in total. The predicted octanol–water partition coefficient (Wildman–Crippen LogP) is 0.447. The molecule has 2 amide bonds. The van der Waals surface area contributed by atoms with Crippen LogP contribution in [0.5, 0.6) is 0 Å². The molecule has 22 heavy (non-hydrogen) atoms. The Morgan fingerprint density at radius 2 is 1.09 bits per heavy atom. The van der Waals surface area contributed by atoms with Crippen LogP contribution >= 0.6 is 0 Å². The van der Waals surface area contributed by atoms with Crippen molar-refractivity contribution in [3.8, 4) is 0 Å². The number of nitrogens with two attached hydrogens (primary N) is 4. The Hall–Kier alpha value is -1.92. The number of amides is 2. The molecule has 0 aliphatic carbocycles. The van der Waals surface area contributed by atoms with Gasteiger partial charge in [-0.25, -0.2) is 0 Å². The summed E-state index contributed by atoms with van der Waals surface area (Å²) in [6, 6.07) is 3.18. The molecule has 0 aromatic heterocycles. The molecule has 122 valence electrons. The second kappa shape index (κ2) is 9.17. The van der Waals surface area contributed by atoms with Gasteiger partial charge in [0.05, 0.1) is 0 Å². The summed E-state index contributed by atoms with van der Waals surface area (Å²) in [5, 5.41) is 0. The van der Waals surface area contributed by atoms with Crippen LogP contribution in [0.25, 0.3) is 0 Å². The molecule has 0 aliphatic heterocycles. The number of rotatable bonds is 10. The van der Waals surface area contributed by atoms with Crippen molar-refractivity contribution in [2.75, 3.05) is 13.1 Å². The summed E-state index contributed by atoms with van der Waals surface area (Å²) in [6.45, 7) is 1.17. The third-order valence-corrected chi connectivity index (χ3v) is 3.72. The smallest absolute Gasteiger partial charge is 0.248 e. The van der Waals surface area contributed by atoms with Crippen molar-refractivity contribution in [1.29, 1.82) is 0 Å². The second-order valence-corrected chi connectivity index (χ2v) is 5.34. The number of primary amides is 2. The number of hydrogen-bond acceptors (Lipinski definition) is 4. The fraction of sp³-hybridized carbons (Fsp3) is 0.500. The first-order valence-electron chi connectivity index (χ1n) is 7.67. The van der Waals surface area contributed by atoms with Crippen LogP contribution in [-0.2, 0) is 12.8 Å². The molecule has 6 nitrogen and oxygen atoms in total. The van der Waals surface area contributed by atoms with E-state index in [-0.39, 0.29) is 0 Å². The lowest BCUT2D eigenvalue weighted by atomic mass is 9.89. The molecule has 0 saturated heterocycles. The Kier molecular flexibility index (Phi) is 7.56. The molecule has 0 saturated carbocycles. The van der Waals surface area contributed by atoms with Crippen LogP contribution in [0.1, 0.15) is 57.5 Å². The minimum absolute atomic E-state index is 0.463. The third kappa shape index (κ3) is 4.82. The first-order valence-corrected chi connectivity index (χ1v) is 7.67. The molecular formula is C16H26N4O2. The summed E-state index contributed by atoms with van der Waals surface area (Å²) in [6.07, 6.45) is 4.69. The Balaban J connectivity index is 3.24. The zero-order chi connectivity index (χ0) is 16.5. The first kappa shape index (κ1) is 18.1. The van der Waals surface area contributed by atoms with Crippen LogP contribution in [0.3, 0.4) is 0 Å². The van der Waals surface area contributed by atoms with Gasteiger partial charge in [-0.3, -0.25) is 9.59 Å². The van der Waals surface area contributed by atoms with E-state index in [1.165, 1.54) is 0 Å². The number of unbranched alkanes of at least 4 members (excludes halogenated alkanes) is 2. The van der Waals surface area contributed by atoms with E-state index in [2.05, 4.69) is 0 Å². The van der Waals surface area contributed by atoms with Gasteiger partial charge >= 0.3 is 0 Å². The summed E-state index contributed by atoms with van der Waals surface area (Å²) in [4.78, 5) is 23.4. The Bertz CT molecular complexity index is 482. The van der Waals surface area contributed by atoms with E-state index in [1.54, 1.807) is 12.1 Å². The number of carbonyl (C=O) groups excluding carboxylic acids is 2. The third-order valence-electron chi connectivity index (χ3n) is 3.72. The van der Waals surface area contributed by atoms with Crippen LogP contribution in [0.2, 0.25) is 0 Å². The van der Waals surface area contributed by atoms with E-state index < -0.39 is 11.8 Å². The molecule has 0 bridgehead atoms. The molecule has 0 radical (unpaired) electrons. The highest BCUT2D eigenvalue weighted by atomic mass is 16.1. The predicted molar refractivity (Wildman–Crippen MR) is 87.5 cm³/mol. The summed E-state index contributed by atoms with van der Waals surface area (Å²) >= 11 is 0. The highest BCUT2D eigenvalue weighted by Crippen LogP contribution is 2.23. The van der Waals surface area contributed by atoms with Crippen molar-refractivity contribution in [3.63, 3.8) is 0 Å². The standard InChI is InChI=1S/C16H26N4O2/c17-9-3-1-5-11-12(6-2-4-10-18)14(16(20)22)8-7-13(11)15(19)21/h7-8H,1-6,9-10,17-18H2,(H2,19,21)(H2,20,22). The summed E-state index contributed by atoms with van der Waals surface area (Å²) < 4.78 is 0. The Labute approximate surface area is 131 Å². The molecule has 0 spiro atoms. The minimum Gasteiger partial charge on any atom is -0.366 e. The van der Waals surface area contributed by atoms with E-state index >= 15 is 0 Å². The fourth-order valence-electron chi connectivity index (χ4n) is 2.62. The molecule has 0 atom stereocenters. The molecule has 0 fully saturated rings. The van der Waals surface area contributed by atoms with E-state index in [1.807, 2.05) is 0 Å². The van der Waals surface area contributed by atoms with Gasteiger partial charge in [0, 0.05) is 11.1 Å². The fourth-order valence-corrected chi connectivity index (χ4v) is 2.62. The summed E-state index contributed by atoms with van der Waals surface area (Å²) in [5.74, 6) is -0.974. The quantitative estimate of drug-likeness (QED) is 0.466. The van der Waals surface area contributed by atoms with Gasteiger partial charge in [0.15, 0.2) is 0 Å². The SMILES string of the molecule is NCCCCc1c(C(N)=O)ccc(C(N)=O)c1CCCCN. The molecule has 0 heterocycles. The van der Waals surface area contributed by atoms with Gasteiger partial charge in [0.25, 0.3) is 0 Å². The van der Waals surface area contributed by atoms with Crippen LogP contribution in [0.15, 0.2) is 12.1 Å². The molecule has 0 unspecified atom stereocenters. The van der Waals surface area contributed by atoms with Crippen LogP contribution < -0.4 is 22.9 Å². The topological polar surface area (TPSA) is 138 Å². The number of carbonyl (C=O) groups is 2. The molecule has 6 heteroatoms. The minimum atomic E-state index is -0.487. The molecule has 0 aliphatic rings. The van der Waals surface area contributed by atoms with Gasteiger partial charge in [-0.2, -0.15) is 0 Å². The van der Waals surface area contributed by atoms with Crippen molar-refractivity contribution in [1.82, 2.24) is 0 Å². The highest BCUT2D eigenvalue weighted by Gasteiger charge is 2.18. The van der Waals surface area contributed by atoms with E-state index in [0.29, 0.717) is 37.1 Å². The van der Waals surface area contributed by atoms with Gasteiger partial charge in [-0.1, -0.05) is 0 Å². The average Bonchev–Trinajstić information content (AvgIpc) is 2.47. The van der Waals surface area contributed by atoms with E-state index in [9.17, 15) is 9.59 Å². The zero-order valence-corrected chi connectivity index (χ0v) is 12.9. The Morgan fingerprint density at radius 3 is 1.36 bits per heavy atom. The van der Waals surface area contributed by atoms with Gasteiger partial charge in [0.2, 0.25) is 11.8 Å². The molecule has 1 aromatic rings. The molecular weight excluding hydrogens is 280 g/mol. The van der Waals surface area contributed by atoms with Gasteiger partial charge in [0.1, 0.15) is 0 Å². The van der Waals surface area contributed by atoms with Crippen LogP contribution in [-0.4, -0.2) is 24.9 Å². The monoisotopic (exact) mass is 306 g/mol. The largest absolute Gasteiger partial charge is 0.366 e. The maximum atomic E-state index is 11.7. The van der Waals surface area contributed by atoms with Crippen LogP contribution in [0, 0.1) is 0 Å². The maximum Gasteiger partial charge on any atom is 0.248 e. The van der Waals surface area contributed by atoms with Crippen LogP contribution in [0.4, 0.5) is 0 Å². The lowest BCUT2D eigenvalue weighted by Gasteiger charge is -2.16. The van der Waals surface area contributed by atoms with Crippen molar-refractivity contribution in [2.45, 2.75) is 38.5 Å².